The molecule has 7 rings (SSSR count). The fraction of sp³-hybridized carbons (Fsp3) is 0.588. The molecule has 3 saturated heterocycles. The van der Waals surface area contributed by atoms with Crippen molar-refractivity contribution in [1.29, 1.82) is 0 Å². The van der Waals surface area contributed by atoms with Gasteiger partial charge in [0.1, 0.15) is 16.8 Å². The number of hydrogen-bond acceptors (Lipinski definition) is 8. The average molecular weight is 604 g/mol. The Labute approximate surface area is 259 Å². The van der Waals surface area contributed by atoms with Crippen molar-refractivity contribution in [1.82, 2.24) is 19.5 Å². The molecule has 3 aromatic rings. The number of rotatable bonds is 5. The number of amides is 2. The smallest absolute Gasteiger partial charge is 0.419 e. The van der Waals surface area contributed by atoms with E-state index in [0.29, 0.717) is 12.4 Å². The van der Waals surface area contributed by atoms with Crippen molar-refractivity contribution in [2.75, 3.05) is 31.1 Å². The first-order valence-corrected chi connectivity index (χ1v) is 15.6. The third kappa shape index (κ3) is 5.53. The maximum absolute atomic E-state index is 13.2. The van der Waals surface area contributed by atoms with E-state index in [1.807, 2.05) is 4.52 Å². The number of aryl methyl sites for hydroxylation is 1. The fourth-order valence-corrected chi connectivity index (χ4v) is 6.91. The molecule has 3 unspecified atom stereocenters. The van der Waals surface area contributed by atoms with E-state index in [0.717, 1.165) is 47.7 Å². The van der Waals surface area contributed by atoms with Gasteiger partial charge in [-0.05, 0) is 84.4 Å². The van der Waals surface area contributed by atoms with Crippen LogP contribution in [0.5, 0.6) is 0 Å². The standard InChI is InChI=1S/C34H45N5O5/c1-22-16-25(37-15-14-33(8,21-37)24-12-10-9-11-13-24)18-39-27(22)35-28(36-39)34-17-23(20-42-34)26(34)19-38(29(40)43-31(2,3)4)30(41)44-32(5,6)7/h9-13,16,18,23,26H,14-15,17,19-21H2,1-8H3/t23?,26?,33-,34?/m0/s1. The monoisotopic (exact) mass is 603 g/mol. The number of carbonyl (C=O) groups excluding carboxylic acids is 2. The summed E-state index contributed by atoms with van der Waals surface area (Å²) in [7, 11) is 0. The molecular formula is C34H45N5O5. The molecule has 3 aliphatic heterocycles. The SMILES string of the molecule is Cc1cc(N2CC[C@](C)(c3ccccc3)C2)cn2nc(C34CC(CO3)C4CN(C(=O)OC(C)(C)C)C(=O)OC(C)(C)C)nc12. The molecule has 1 aliphatic carbocycles. The number of fused-ring (bicyclic) bond motifs is 2. The molecule has 1 saturated carbocycles. The van der Waals surface area contributed by atoms with Crippen LogP contribution in [-0.2, 0) is 25.2 Å². The zero-order valence-corrected chi connectivity index (χ0v) is 27.2. The average Bonchev–Trinajstić information content (AvgIpc) is 3.70. The van der Waals surface area contributed by atoms with Crippen LogP contribution in [0.25, 0.3) is 5.65 Å². The number of anilines is 1. The van der Waals surface area contributed by atoms with Crippen LogP contribution in [0, 0.1) is 18.8 Å². The third-order valence-corrected chi connectivity index (χ3v) is 9.19. The highest BCUT2D eigenvalue weighted by atomic mass is 16.6. The Morgan fingerprint density at radius 3 is 2.34 bits per heavy atom. The van der Waals surface area contributed by atoms with Crippen molar-refractivity contribution in [2.45, 2.75) is 90.4 Å². The summed E-state index contributed by atoms with van der Waals surface area (Å²) in [6, 6.07) is 12.9. The van der Waals surface area contributed by atoms with Crippen molar-refractivity contribution < 1.29 is 23.8 Å². The fourth-order valence-electron chi connectivity index (χ4n) is 6.91. The summed E-state index contributed by atoms with van der Waals surface area (Å²) in [6.45, 7) is 17.5. The van der Waals surface area contributed by atoms with Gasteiger partial charge in [0, 0.05) is 31.0 Å². The first-order chi connectivity index (χ1) is 20.6. The van der Waals surface area contributed by atoms with Crippen LogP contribution in [0.15, 0.2) is 42.6 Å². The van der Waals surface area contributed by atoms with Gasteiger partial charge in [-0.3, -0.25) is 0 Å². The minimum absolute atomic E-state index is 0.0800. The molecule has 2 bridgehead atoms. The van der Waals surface area contributed by atoms with Crippen molar-refractivity contribution in [2.24, 2.45) is 11.8 Å². The summed E-state index contributed by atoms with van der Waals surface area (Å²) >= 11 is 0. The number of carbonyl (C=O) groups is 2. The minimum atomic E-state index is -0.787. The second kappa shape index (κ2) is 10.5. The van der Waals surface area contributed by atoms with Gasteiger partial charge < -0.3 is 19.1 Å². The van der Waals surface area contributed by atoms with Crippen LogP contribution in [0.2, 0.25) is 0 Å². The molecule has 4 fully saturated rings. The van der Waals surface area contributed by atoms with E-state index in [9.17, 15) is 9.59 Å². The Balaban J connectivity index is 1.26. The lowest BCUT2D eigenvalue weighted by Crippen LogP contribution is -2.54. The van der Waals surface area contributed by atoms with Crippen molar-refractivity contribution in [3.8, 4) is 0 Å². The minimum Gasteiger partial charge on any atom is -0.443 e. The van der Waals surface area contributed by atoms with Gasteiger partial charge in [-0.15, -0.1) is 5.10 Å². The number of ether oxygens (including phenoxy) is 3. The number of nitrogens with zero attached hydrogens (tertiary/aromatic N) is 5. The molecule has 10 heteroatoms. The lowest BCUT2D eigenvalue weighted by Gasteiger charge is -2.44. The summed E-state index contributed by atoms with van der Waals surface area (Å²) in [5.74, 6) is 0.580. The van der Waals surface area contributed by atoms with Gasteiger partial charge in [0.05, 0.1) is 18.5 Å². The Morgan fingerprint density at radius 1 is 1.07 bits per heavy atom. The molecule has 0 spiro atoms. The number of aromatic nitrogens is 3. The molecule has 4 atom stereocenters. The molecule has 0 radical (unpaired) electrons. The van der Waals surface area contributed by atoms with E-state index in [1.165, 1.54) is 5.56 Å². The van der Waals surface area contributed by atoms with Gasteiger partial charge in [0.15, 0.2) is 11.5 Å². The van der Waals surface area contributed by atoms with Crippen molar-refractivity contribution >= 4 is 23.5 Å². The van der Waals surface area contributed by atoms with Crippen molar-refractivity contribution in [3.05, 3.63) is 59.5 Å². The summed E-state index contributed by atoms with van der Waals surface area (Å²) < 4.78 is 19.4. The second-order valence-electron chi connectivity index (χ2n) is 15.0. The molecule has 4 aliphatic rings. The molecule has 2 amide bonds. The van der Waals surface area contributed by atoms with Gasteiger partial charge in [0.2, 0.25) is 0 Å². The lowest BCUT2D eigenvalue weighted by molar-refractivity contribution is -0.0776. The molecule has 44 heavy (non-hydrogen) atoms. The summed E-state index contributed by atoms with van der Waals surface area (Å²) in [5.41, 5.74) is 2.03. The first kappa shape index (κ1) is 30.4. The Morgan fingerprint density at radius 2 is 1.73 bits per heavy atom. The molecule has 5 heterocycles. The topological polar surface area (TPSA) is 98.5 Å². The summed E-state index contributed by atoms with van der Waals surface area (Å²) in [4.78, 5) is 35.0. The van der Waals surface area contributed by atoms with E-state index in [-0.39, 0.29) is 23.8 Å². The zero-order valence-electron chi connectivity index (χ0n) is 27.2. The highest BCUT2D eigenvalue weighted by molar-refractivity contribution is 5.88. The summed E-state index contributed by atoms with van der Waals surface area (Å²) in [5, 5.41) is 4.96. The number of pyridine rings is 1. The van der Waals surface area contributed by atoms with Gasteiger partial charge in [-0.25, -0.2) is 24.0 Å². The van der Waals surface area contributed by atoms with Crippen molar-refractivity contribution in [3.63, 3.8) is 0 Å². The lowest BCUT2D eigenvalue weighted by atomic mass is 9.63. The second-order valence-corrected chi connectivity index (χ2v) is 15.0. The maximum atomic E-state index is 13.2. The number of benzene rings is 1. The van der Waals surface area contributed by atoms with Gasteiger partial charge >= 0.3 is 12.2 Å². The largest absolute Gasteiger partial charge is 0.443 e. The van der Waals surface area contributed by atoms with Gasteiger partial charge in [-0.1, -0.05) is 37.3 Å². The van der Waals surface area contributed by atoms with Crippen LogP contribution in [0.4, 0.5) is 15.3 Å². The third-order valence-electron chi connectivity index (χ3n) is 9.19. The molecule has 10 nitrogen and oxygen atoms in total. The van der Waals surface area contributed by atoms with Crippen LogP contribution < -0.4 is 4.90 Å². The Kier molecular flexibility index (Phi) is 7.22. The first-order valence-electron chi connectivity index (χ1n) is 15.6. The van der Waals surface area contributed by atoms with Crippen LogP contribution >= 0.6 is 0 Å². The summed E-state index contributed by atoms with van der Waals surface area (Å²) in [6.07, 6.45) is 2.40. The van der Waals surface area contributed by atoms with E-state index in [4.69, 9.17) is 24.3 Å². The zero-order chi connectivity index (χ0) is 31.7. The molecule has 2 aromatic heterocycles. The molecule has 1 aromatic carbocycles. The Bertz CT molecular complexity index is 1540. The van der Waals surface area contributed by atoms with E-state index < -0.39 is 29.0 Å². The van der Waals surface area contributed by atoms with Crippen LogP contribution in [-0.4, -0.2) is 69.1 Å². The Hall–Kier alpha value is -3.66. The van der Waals surface area contributed by atoms with Gasteiger partial charge in [-0.2, -0.15) is 0 Å². The predicted octanol–water partition coefficient (Wildman–Crippen LogP) is 6.24. The number of hydrogen-bond donors (Lipinski definition) is 0. The highest BCUT2D eigenvalue weighted by Crippen LogP contribution is 2.59. The molecule has 0 N–H and O–H groups in total. The highest BCUT2D eigenvalue weighted by Gasteiger charge is 2.65. The normalized spacial score (nSPS) is 26.5. The number of imide groups is 1. The van der Waals surface area contributed by atoms with Crippen LogP contribution in [0.3, 0.4) is 0 Å². The van der Waals surface area contributed by atoms with E-state index in [1.54, 1.807) is 41.5 Å². The van der Waals surface area contributed by atoms with E-state index >= 15 is 0 Å². The van der Waals surface area contributed by atoms with Crippen LogP contribution in [0.1, 0.15) is 78.3 Å². The predicted molar refractivity (Wildman–Crippen MR) is 167 cm³/mol. The quantitative estimate of drug-likeness (QED) is 0.338. The maximum Gasteiger partial charge on any atom is 0.419 e. The van der Waals surface area contributed by atoms with Gasteiger partial charge in [0.25, 0.3) is 0 Å². The molecular weight excluding hydrogens is 558 g/mol. The molecule has 236 valence electrons. The van der Waals surface area contributed by atoms with E-state index in [2.05, 4.69) is 61.3 Å².